The van der Waals surface area contributed by atoms with Gasteiger partial charge in [-0.1, -0.05) is 43.4 Å². The van der Waals surface area contributed by atoms with Gasteiger partial charge in [0.05, 0.1) is 5.69 Å². The van der Waals surface area contributed by atoms with Crippen LogP contribution in [0.5, 0.6) is 0 Å². The predicted molar refractivity (Wildman–Crippen MR) is 73.7 cm³/mol. The molecule has 0 aliphatic rings. The maximum absolute atomic E-state index is 5.31. The Kier molecular flexibility index (Phi) is 3.38. The van der Waals surface area contributed by atoms with Crippen LogP contribution >= 0.6 is 12.2 Å². The van der Waals surface area contributed by atoms with Gasteiger partial charge in [-0.3, -0.25) is 0 Å². The van der Waals surface area contributed by atoms with Gasteiger partial charge in [-0.2, -0.15) is 0 Å². The van der Waals surface area contributed by atoms with E-state index in [9.17, 15) is 0 Å². The van der Waals surface area contributed by atoms with Crippen LogP contribution in [0.2, 0.25) is 0 Å². The molecular weight excluding hydrogens is 228 g/mol. The van der Waals surface area contributed by atoms with Crippen molar-refractivity contribution in [2.75, 3.05) is 0 Å². The molecule has 0 unspecified atom stereocenters. The van der Waals surface area contributed by atoms with Crippen LogP contribution in [-0.4, -0.2) is 9.97 Å². The van der Waals surface area contributed by atoms with Crippen molar-refractivity contribution in [2.24, 2.45) is 0 Å². The van der Waals surface area contributed by atoms with E-state index in [-0.39, 0.29) is 0 Å². The van der Waals surface area contributed by atoms with Crippen LogP contribution in [0.25, 0.3) is 11.3 Å². The molecule has 0 bridgehead atoms. The Bertz CT molecular complexity index is 599. The highest BCUT2D eigenvalue weighted by Gasteiger charge is 2.08. The van der Waals surface area contributed by atoms with Gasteiger partial charge in [0.15, 0.2) is 0 Å². The average Bonchev–Trinajstić information content (AvgIpc) is 2.33. The third-order valence-corrected chi connectivity index (χ3v) is 3.35. The van der Waals surface area contributed by atoms with E-state index in [1.54, 1.807) is 0 Å². The van der Waals surface area contributed by atoms with Gasteiger partial charge < -0.3 is 4.98 Å². The van der Waals surface area contributed by atoms with E-state index in [2.05, 4.69) is 35.9 Å². The molecule has 0 aliphatic carbocycles. The van der Waals surface area contributed by atoms with Gasteiger partial charge in [0.1, 0.15) is 10.5 Å². The van der Waals surface area contributed by atoms with Crippen LogP contribution in [0.1, 0.15) is 23.9 Å². The summed E-state index contributed by atoms with van der Waals surface area (Å²) in [4.78, 5) is 7.75. The van der Waals surface area contributed by atoms with Crippen molar-refractivity contribution < 1.29 is 0 Å². The molecule has 2 rings (SSSR count). The number of aromatic nitrogens is 2. The molecule has 0 atom stereocenters. The summed E-state index contributed by atoms with van der Waals surface area (Å²) in [5.74, 6) is 0.943. The second-order valence-electron chi connectivity index (χ2n) is 4.16. The molecule has 0 spiro atoms. The minimum atomic E-state index is 0.693. The minimum Gasteiger partial charge on any atom is -0.343 e. The van der Waals surface area contributed by atoms with Gasteiger partial charge in [-0.25, -0.2) is 4.98 Å². The molecule has 0 saturated heterocycles. The molecule has 17 heavy (non-hydrogen) atoms. The fraction of sp³-hybridized carbons (Fsp3) is 0.286. The van der Waals surface area contributed by atoms with Crippen LogP contribution in [-0.2, 0) is 6.42 Å². The largest absolute Gasteiger partial charge is 0.343 e. The summed E-state index contributed by atoms with van der Waals surface area (Å²) in [7, 11) is 0. The number of aryl methyl sites for hydroxylation is 2. The van der Waals surface area contributed by atoms with E-state index in [0.29, 0.717) is 4.64 Å². The van der Waals surface area contributed by atoms with Crippen molar-refractivity contribution >= 4 is 12.2 Å². The monoisotopic (exact) mass is 244 g/mol. The summed E-state index contributed by atoms with van der Waals surface area (Å²) >= 11 is 5.31. The summed E-state index contributed by atoms with van der Waals surface area (Å²) in [5, 5.41) is 0. The van der Waals surface area contributed by atoms with Crippen LogP contribution in [0.15, 0.2) is 24.3 Å². The lowest BCUT2D eigenvalue weighted by atomic mass is 10.0. The fourth-order valence-electron chi connectivity index (χ4n) is 1.87. The lowest BCUT2D eigenvalue weighted by Gasteiger charge is -2.11. The Hall–Kier alpha value is -1.48. The molecule has 1 N–H and O–H groups in total. The molecule has 1 heterocycles. The van der Waals surface area contributed by atoms with E-state index < -0.39 is 0 Å². The number of rotatable bonds is 2. The zero-order chi connectivity index (χ0) is 12.4. The van der Waals surface area contributed by atoms with Crippen molar-refractivity contribution in [1.29, 1.82) is 0 Å². The van der Waals surface area contributed by atoms with E-state index in [0.717, 1.165) is 23.5 Å². The molecule has 88 valence electrons. The number of hydrogen-bond donors (Lipinski definition) is 1. The Balaban J connectivity index is 2.71. The van der Waals surface area contributed by atoms with Crippen molar-refractivity contribution in [1.82, 2.24) is 9.97 Å². The third kappa shape index (κ3) is 2.29. The lowest BCUT2D eigenvalue weighted by Crippen LogP contribution is -2.00. The Morgan fingerprint density at radius 3 is 2.59 bits per heavy atom. The van der Waals surface area contributed by atoms with Gasteiger partial charge in [0.25, 0.3) is 0 Å². The van der Waals surface area contributed by atoms with Crippen molar-refractivity contribution in [3.05, 3.63) is 45.9 Å². The molecule has 1 aromatic carbocycles. The quantitative estimate of drug-likeness (QED) is 0.809. The van der Waals surface area contributed by atoms with Crippen LogP contribution in [0, 0.1) is 18.5 Å². The zero-order valence-corrected chi connectivity index (χ0v) is 11.2. The normalized spacial score (nSPS) is 10.5. The van der Waals surface area contributed by atoms with E-state index in [1.807, 2.05) is 19.1 Å². The van der Waals surface area contributed by atoms with Gasteiger partial charge in [0, 0.05) is 17.5 Å². The first-order chi connectivity index (χ1) is 8.13. The Morgan fingerprint density at radius 1 is 1.24 bits per heavy atom. The minimum absolute atomic E-state index is 0.693. The second kappa shape index (κ2) is 4.80. The van der Waals surface area contributed by atoms with Crippen LogP contribution < -0.4 is 0 Å². The summed E-state index contributed by atoms with van der Waals surface area (Å²) in [5.41, 5.74) is 4.59. The topological polar surface area (TPSA) is 28.7 Å². The number of benzene rings is 1. The first-order valence-corrected chi connectivity index (χ1v) is 6.20. The van der Waals surface area contributed by atoms with Crippen molar-refractivity contribution in [2.45, 2.75) is 27.2 Å². The van der Waals surface area contributed by atoms with E-state index in [1.165, 1.54) is 11.1 Å². The van der Waals surface area contributed by atoms with Gasteiger partial charge >= 0.3 is 0 Å². The SMILES string of the molecule is CCc1nc(=S)c(C)c(-c2ccccc2C)[nH]1. The molecule has 0 amide bonds. The highest BCUT2D eigenvalue weighted by molar-refractivity contribution is 7.71. The lowest BCUT2D eigenvalue weighted by molar-refractivity contribution is 0.925. The maximum Gasteiger partial charge on any atom is 0.133 e. The Labute approximate surface area is 107 Å². The van der Waals surface area contributed by atoms with Crippen molar-refractivity contribution in [3.8, 4) is 11.3 Å². The molecular formula is C14H16N2S. The standard InChI is InChI=1S/C14H16N2S/c1-4-12-15-13(10(3)14(17)16-12)11-8-6-5-7-9(11)2/h5-8H,4H2,1-3H3,(H,15,16,17). The van der Waals surface area contributed by atoms with Gasteiger partial charge in [-0.05, 0) is 19.4 Å². The number of nitrogens with one attached hydrogen (secondary N) is 1. The first-order valence-electron chi connectivity index (χ1n) is 5.79. The van der Waals surface area contributed by atoms with Gasteiger partial charge in [-0.15, -0.1) is 0 Å². The molecule has 0 radical (unpaired) electrons. The Morgan fingerprint density at radius 2 is 1.94 bits per heavy atom. The molecule has 2 aromatic rings. The summed E-state index contributed by atoms with van der Waals surface area (Å²) in [6.07, 6.45) is 0.864. The number of H-pyrrole nitrogens is 1. The molecule has 0 fully saturated rings. The molecule has 3 heteroatoms. The van der Waals surface area contributed by atoms with Crippen molar-refractivity contribution in [3.63, 3.8) is 0 Å². The fourth-order valence-corrected chi connectivity index (χ4v) is 2.08. The van der Waals surface area contributed by atoms with E-state index >= 15 is 0 Å². The smallest absolute Gasteiger partial charge is 0.133 e. The highest BCUT2D eigenvalue weighted by atomic mass is 32.1. The maximum atomic E-state index is 5.31. The highest BCUT2D eigenvalue weighted by Crippen LogP contribution is 2.24. The number of aromatic amines is 1. The van der Waals surface area contributed by atoms with Crippen LogP contribution in [0.3, 0.4) is 0 Å². The van der Waals surface area contributed by atoms with Crippen LogP contribution in [0.4, 0.5) is 0 Å². The summed E-state index contributed by atoms with van der Waals surface area (Å²) in [6.45, 7) is 6.20. The summed E-state index contributed by atoms with van der Waals surface area (Å²) < 4.78 is 0.693. The zero-order valence-electron chi connectivity index (χ0n) is 10.4. The second-order valence-corrected chi connectivity index (χ2v) is 4.54. The summed E-state index contributed by atoms with van der Waals surface area (Å²) in [6, 6.07) is 8.31. The van der Waals surface area contributed by atoms with E-state index in [4.69, 9.17) is 12.2 Å². The van der Waals surface area contributed by atoms with Gasteiger partial charge in [0.2, 0.25) is 0 Å². The average molecular weight is 244 g/mol. The molecule has 1 aromatic heterocycles. The molecule has 2 nitrogen and oxygen atoms in total. The first kappa shape index (κ1) is 12.0. The molecule has 0 saturated carbocycles. The third-order valence-electron chi connectivity index (χ3n) is 2.95. The number of nitrogens with zero attached hydrogens (tertiary/aromatic N) is 1. The predicted octanol–water partition coefficient (Wildman–Crippen LogP) is 3.99. The number of hydrogen-bond acceptors (Lipinski definition) is 2. The molecule has 0 aliphatic heterocycles.